The summed E-state index contributed by atoms with van der Waals surface area (Å²) in [4.78, 5) is 21.5. The van der Waals surface area contributed by atoms with Crippen LogP contribution < -0.4 is 5.73 Å². The van der Waals surface area contributed by atoms with E-state index < -0.39 is 6.04 Å². The third-order valence-electron chi connectivity index (χ3n) is 1.50. The van der Waals surface area contributed by atoms with E-state index in [0.29, 0.717) is 6.42 Å². The molecule has 3 nitrogen and oxygen atoms in total. The van der Waals surface area contributed by atoms with Gasteiger partial charge in [-0.3, -0.25) is 9.59 Å². The maximum Gasteiger partial charge on any atom is 0.171 e. The van der Waals surface area contributed by atoms with Crippen molar-refractivity contribution in [2.75, 3.05) is 0 Å². The summed E-state index contributed by atoms with van der Waals surface area (Å²) in [6.45, 7) is 6.60. The summed E-state index contributed by atoms with van der Waals surface area (Å²) in [5.74, 6) is -0.325. The van der Waals surface area contributed by atoms with Crippen LogP contribution >= 0.6 is 0 Å². The molecule has 12 heavy (non-hydrogen) atoms. The Morgan fingerprint density at radius 1 is 1.33 bits per heavy atom. The lowest BCUT2D eigenvalue weighted by Crippen LogP contribution is -2.29. The first-order chi connectivity index (χ1) is 5.61. The SMILES string of the molecule is C=CC(=O)CCC(N)C(=O)C=C. The molecule has 0 saturated carbocycles. The van der Waals surface area contributed by atoms with Crippen molar-refractivity contribution < 1.29 is 9.59 Å². The van der Waals surface area contributed by atoms with Gasteiger partial charge in [0.25, 0.3) is 0 Å². The Hall–Kier alpha value is -1.22. The minimum Gasteiger partial charge on any atom is -0.321 e. The van der Waals surface area contributed by atoms with Crippen LogP contribution in [0.15, 0.2) is 25.3 Å². The van der Waals surface area contributed by atoms with E-state index in [4.69, 9.17) is 5.73 Å². The maximum atomic E-state index is 10.8. The third kappa shape index (κ3) is 3.83. The van der Waals surface area contributed by atoms with Gasteiger partial charge in [0.2, 0.25) is 0 Å². The molecule has 0 spiro atoms. The predicted molar refractivity (Wildman–Crippen MR) is 47.6 cm³/mol. The van der Waals surface area contributed by atoms with Gasteiger partial charge in [-0.25, -0.2) is 0 Å². The van der Waals surface area contributed by atoms with Crippen LogP contribution in [0.2, 0.25) is 0 Å². The Balaban J connectivity index is 3.78. The molecule has 3 heteroatoms. The Morgan fingerprint density at radius 2 is 1.92 bits per heavy atom. The molecule has 1 atom stereocenters. The van der Waals surface area contributed by atoms with Gasteiger partial charge in [-0.15, -0.1) is 0 Å². The number of nitrogens with two attached hydrogens (primary N) is 1. The van der Waals surface area contributed by atoms with Gasteiger partial charge in [0.15, 0.2) is 11.6 Å². The fourth-order valence-corrected chi connectivity index (χ4v) is 0.693. The molecule has 1 unspecified atom stereocenters. The first-order valence-electron chi connectivity index (χ1n) is 3.69. The number of rotatable bonds is 6. The number of hydrogen-bond donors (Lipinski definition) is 1. The number of carbonyl (C=O) groups is 2. The smallest absolute Gasteiger partial charge is 0.171 e. The molecule has 0 radical (unpaired) electrons. The zero-order valence-electron chi connectivity index (χ0n) is 6.95. The Bertz CT molecular complexity index is 209. The Labute approximate surface area is 71.9 Å². The van der Waals surface area contributed by atoms with Gasteiger partial charge in [-0.1, -0.05) is 13.2 Å². The highest BCUT2D eigenvalue weighted by molar-refractivity contribution is 5.94. The summed E-state index contributed by atoms with van der Waals surface area (Å²) >= 11 is 0. The summed E-state index contributed by atoms with van der Waals surface area (Å²) in [5, 5.41) is 0. The standard InChI is InChI=1S/C9H13NO2/c1-3-7(11)5-6-8(10)9(12)4-2/h3-4,8H,1-2,5-6,10H2. The molecule has 0 aromatic carbocycles. The van der Waals surface area contributed by atoms with E-state index in [9.17, 15) is 9.59 Å². The molecule has 0 aromatic heterocycles. The highest BCUT2D eigenvalue weighted by Crippen LogP contribution is 1.97. The normalized spacial score (nSPS) is 11.8. The predicted octanol–water partition coefficient (Wildman–Crippen LogP) is 0.604. The van der Waals surface area contributed by atoms with Gasteiger partial charge in [-0.05, 0) is 18.6 Å². The van der Waals surface area contributed by atoms with Crippen LogP contribution in [0.5, 0.6) is 0 Å². The topological polar surface area (TPSA) is 60.2 Å². The van der Waals surface area contributed by atoms with Crippen LogP contribution in [0.3, 0.4) is 0 Å². The van der Waals surface area contributed by atoms with Crippen molar-refractivity contribution in [1.29, 1.82) is 0 Å². The second kappa shape index (κ2) is 5.43. The summed E-state index contributed by atoms with van der Waals surface area (Å²) in [7, 11) is 0. The monoisotopic (exact) mass is 167 g/mol. The second-order valence-electron chi connectivity index (χ2n) is 2.42. The molecule has 0 aliphatic rings. The van der Waals surface area contributed by atoms with Crippen LogP contribution in [0.1, 0.15) is 12.8 Å². The molecule has 0 aromatic rings. The average molecular weight is 167 g/mol. The molecule has 0 heterocycles. The summed E-state index contributed by atoms with van der Waals surface area (Å²) in [6, 6.07) is -0.605. The van der Waals surface area contributed by atoms with E-state index >= 15 is 0 Å². The zero-order valence-corrected chi connectivity index (χ0v) is 6.95. The van der Waals surface area contributed by atoms with Crippen LogP contribution in [0.25, 0.3) is 0 Å². The number of allylic oxidation sites excluding steroid dienone is 1. The van der Waals surface area contributed by atoms with Crippen LogP contribution in [-0.2, 0) is 9.59 Å². The van der Waals surface area contributed by atoms with E-state index in [-0.39, 0.29) is 18.0 Å². The number of hydrogen-bond acceptors (Lipinski definition) is 3. The van der Waals surface area contributed by atoms with Gasteiger partial charge < -0.3 is 5.73 Å². The summed E-state index contributed by atoms with van der Waals surface area (Å²) in [6.07, 6.45) is 3.02. The largest absolute Gasteiger partial charge is 0.321 e. The van der Waals surface area contributed by atoms with Crippen molar-refractivity contribution in [3.8, 4) is 0 Å². The molecule has 0 aliphatic carbocycles. The average Bonchev–Trinajstić information content (AvgIpc) is 2.11. The number of carbonyl (C=O) groups excluding carboxylic acids is 2. The van der Waals surface area contributed by atoms with E-state index in [1.54, 1.807) is 0 Å². The number of ketones is 2. The highest BCUT2D eigenvalue weighted by atomic mass is 16.1. The molecular formula is C9H13NO2. The maximum absolute atomic E-state index is 10.8. The molecule has 2 N–H and O–H groups in total. The molecule has 0 bridgehead atoms. The molecule has 0 saturated heterocycles. The van der Waals surface area contributed by atoms with Crippen LogP contribution in [0.4, 0.5) is 0 Å². The van der Waals surface area contributed by atoms with E-state index in [1.807, 2.05) is 0 Å². The van der Waals surface area contributed by atoms with Gasteiger partial charge in [0, 0.05) is 6.42 Å². The lowest BCUT2D eigenvalue weighted by molar-refractivity contribution is -0.116. The van der Waals surface area contributed by atoms with E-state index in [1.165, 1.54) is 12.2 Å². The molecular weight excluding hydrogens is 154 g/mol. The van der Waals surface area contributed by atoms with Crippen molar-refractivity contribution in [3.63, 3.8) is 0 Å². The van der Waals surface area contributed by atoms with Gasteiger partial charge in [-0.2, -0.15) is 0 Å². The van der Waals surface area contributed by atoms with E-state index in [2.05, 4.69) is 13.2 Å². The first kappa shape index (κ1) is 10.8. The quantitative estimate of drug-likeness (QED) is 0.589. The minimum atomic E-state index is -0.605. The lowest BCUT2D eigenvalue weighted by atomic mass is 10.1. The van der Waals surface area contributed by atoms with Crippen molar-refractivity contribution >= 4 is 11.6 Å². The summed E-state index contributed by atoms with van der Waals surface area (Å²) < 4.78 is 0. The Morgan fingerprint density at radius 3 is 2.33 bits per heavy atom. The van der Waals surface area contributed by atoms with Gasteiger partial charge >= 0.3 is 0 Å². The van der Waals surface area contributed by atoms with Crippen LogP contribution in [0, 0.1) is 0 Å². The van der Waals surface area contributed by atoms with Crippen LogP contribution in [-0.4, -0.2) is 17.6 Å². The second-order valence-corrected chi connectivity index (χ2v) is 2.42. The fourth-order valence-electron chi connectivity index (χ4n) is 0.693. The third-order valence-corrected chi connectivity index (χ3v) is 1.50. The molecule has 0 rings (SSSR count). The van der Waals surface area contributed by atoms with E-state index in [0.717, 1.165) is 0 Å². The van der Waals surface area contributed by atoms with Crippen molar-refractivity contribution in [2.24, 2.45) is 5.73 Å². The molecule has 0 fully saturated rings. The molecule has 0 aliphatic heterocycles. The van der Waals surface area contributed by atoms with Crippen molar-refractivity contribution in [2.45, 2.75) is 18.9 Å². The highest BCUT2D eigenvalue weighted by Gasteiger charge is 2.10. The first-order valence-corrected chi connectivity index (χ1v) is 3.69. The lowest BCUT2D eigenvalue weighted by Gasteiger charge is -2.04. The zero-order chi connectivity index (χ0) is 9.56. The van der Waals surface area contributed by atoms with Crippen molar-refractivity contribution in [1.82, 2.24) is 0 Å². The van der Waals surface area contributed by atoms with Gasteiger partial charge in [0.05, 0.1) is 6.04 Å². The van der Waals surface area contributed by atoms with Crippen molar-refractivity contribution in [3.05, 3.63) is 25.3 Å². The minimum absolute atomic E-state index is 0.0951. The Kier molecular flexibility index (Phi) is 4.88. The summed E-state index contributed by atoms with van der Waals surface area (Å²) in [5.41, 5.74) is 5.42. The molecule has 66 valence electrons. The molecule has 0 amide bonds. The van der Waals surface area contributed by atoms with Gasteiger partial charge in [0.1, 0.15) is 0 Å². The fraction of sp³-hybridized carbons (Fsp3) is 0.333.